The molecule has 82 valence electrons. The van der Waals surface area contributed by atoms with Crippen LogP contribution in [0.15, 0.2) is 58.3 Å². The first-order valence-corrected chi connectivity index (χ1v) is 5.81. The Morgan fingerprint density at radius 3 is 1.88 bits per heavy atom. The lowest BCUT2D eigenvalue weighted by Gasteiger charge is -2.03. The van der Waals surface area contributed by atoms with Gasteiger partial charge in [-0.15, -0.1) is 0 Å². The van der Waals surface area contributed by atoms with E-state index in [0.717, 1.165) is 15.5 Å². The van der Waals surface area contributed by atoms with Crippen molar-refractivity contribution < 1.29 is 4.39 Å². The Morgan fingerprint density at radius 2 is 1.38 bits per heavy atom. The molecule has 0 aliphatic heterocycles. The number of hydrogen-bond donors (Lipinski definition) is 1. The number of halogens is 1. The van der Waals surface area contributed by atoms with E-state index >= 15 is 0 Å². The predicted molar refractivity (Wildman–Crippen MR) is 66.5 cm³/mol. The van der Waals surface area contributed by atoms with Crippen molar-refractivity contribution in [2.45, 2.75) is 9.79 Å². The van der Waals surface area contributed by atoms with Gasteiger partial charge in [-0.1, -0.05) is 11.8 Å². The van der Waals surface area contributed by atoms with Crippen molar-refractivity contribution in [2.75, 3.05) is 12.4 Å². The van der Waals surface area contributed by atoms with Gasteiger partial charge in [0.25, 0.3) is 0 Å². The van der Waals surface area contributed by atoms with E-state index in [1.165, 1.54) is 12.1 Å². The van der Waals surface area contributed by atoms with Gasteiger partial charge in [0.2, 0.25) is 0 Å². The molecule has 0 bridgehead atoms. The highest BCUT2D eigenvalue weighted by Crippen LogP contribution is 2.28. The maximum Gasteiger partial charge on any atom is 0.123 e. The van der Waals surface area contributed by atoms with Crippen molar-refractivity contribution in [3.63, 3.8) is 0 Å². The van der Waals surface area contributed by atoms with E-state index in [9.17, 15) is 4.39 Å². The molecule has 0 fully saturated rings. The molecule has 0 saturated carbocycles. The molecule has 0 radical (unpaired) electrons. The lowest BCUT2D eigenvalue weighted by molar-refractivity contribution is 0.626. The molecular formula is C13H12FNS. The van der Waals surface area contributed by atoms with E-state index < -0.39 is 0 Å². The van der Waals surface area contributed by atoms with Crippen molar-refractivity contribution >= 4 is 17.4 Å². The molecule has 0 aliphatic carbocycles. The van der Waals surface area contributed by atoms with Gasteiger partial charge < -0.3 is 5.32 Å². The fourth-order valence-corrected chi connectivity index (χ4v) is 2.14. The third-order valence-corrected chi connectivity index (χ3v) is 3.21. The Labute approximate surface area is 98.7 Å². The zero-order valence-electron chi connectivity index (χ0n) is 8.91. The molecular weight excluding hydrogens is 221 g/mol. The fraction of sp³-hybridized carbons (Fsp3) is 0.0769. The average molecular weight is 233 g/mol. The zero-order chi connectivity index (χ0) is 11.4. The number of benzene rings is 2. The molecule has 2 aromatic rings. The minimum Gasteiger partial charge on any atom is -0.388 e. The predicted octanol–water partition coefficient (Wildman–Crippen LogP) is 4.02. The maximum atomic E-state index is 12.7. The molecule has 1 N–H and O–H groups in total. The van der Waals surface area contributed by atoms with Crippen LogP contribution in [-0.4, -0.2) is 7.05 Å². The van der Waals surface area contributed by atoms with Crippen LogP contribution in [-0.2, 0) is 0 Å². The molecule has 0 amide bonds. The molecule has 0 unspecified atom stereocenters. The largest absolute Gasteiger partial charge is 0.388 e. The molecule has 16 heavy (non-hydrogen) atoms. The minimum atomic E-state index is -0.199. The molecule has 0 atom stereocenters. The minimum absolute atomic E-state index is 0.199. The third-order valence-electron chi connectivity index (χ3n) is 2.19. The molecule has 1 nitrogen and oxygen atoms in total. The Hall–Kier alpha value is -1.48. The normalized spacial score (nSPS) is 10.1. The van der Waals surface area contributed by atoms with Gasteiger partial charge in [-0.25, -0.2) is 4.39 Å². The first kappa shape index (κ1) is 11.0. The van der Waals surface area contributed by atoms with Crippen LogP contribution in [0, 0.1) is 5.82 Å². The van der Waals surface area contributed by atoms with Crippen LogP contribution in [0.1, 0.15) is 0 Å². The van der Waals surface area contributed by atoms with Gasteiger partial charge in [0.1, 0.15) is 5.82 Å². The summed E-state index contributed by atoms with van der Waals surface area (Å²) >= 11 is 1.62. The quantitative estimate of drug-likeness (QED) is 0.859. The Bertz CT molecular complexity index is 450. The van der Waals surface area contributed by atoms with E-state index in [4.69, 9.17) is 0 Å². The Balaban J connectivity index is 2.11. The first-order chi connectivity index (χ1) is 7.78. The van der Waals surface area contributed by atoms with Crippen LogP contribution in [0.5, 0.6) is 0 Å². The second-order valence-electron chi connectivity index (χ2n) is 3.33. The number of hydrogen-bond acceptors (Lipinski definition) is 2. The highest BCUT2D eigenvalue weighted by atomic mass is 32.2. The Kier molecular flexibility index (Phi) is 3.47. The monoisotopic (exact) mass is 233 g/mol. The number of nitrogens with one attached hydrogen (secondary N) is 1. The smallest absolute Gasteiger partial charge is 0.123 e. The lowest BCUT2D eigenvalue weighted by Crippen LogP contribution is -1.86. The second-order valence-corrected chi connectivity index (χ2v) is 4.48. The van der Waals surface area contributed by atoms with Crippen LogP contribution in [0.4, 0.5) is 10.1 Å². The van der Waals surface area contributed by atoms with E-state index in [-0.39, 0.29) is 5.82 Å². The zero-order valence-corrected chi connectivity index (χ0v) is 9.72. The molecule has 3 heteroatoms. The molecule has 0 aliphatic rings. The van der Waals surface area contributed by atoms with Gasteiger partial charge in [-0.05, 0) is 48.5 Å². The van der Waals surface area contributed by atoms with Gasteiger partial charge in [0.05, 0.1) is 0 Å². The third kappa shape index (κ3) is 2.76. The molecule has 0 aromatic heterocycles. The van der Waals surface area contributed by atoms with E-state index in [1.54, 1.807) is 23.9 Å². The highest BCUT2D eigenvalue weighted by Gasteiger charge is 1.97. The topological polar surface area (TPSA) is 12.0 Å². The number of anilines is 1. The van der Waals surface area contributed by atoms with Gasteiger partial charge in [-0.2, -0.15) is 0 Å². The summed E-state index contributed by atoms with van der Waals surface area (Å²) in [6.07, 6.45) is 0. The summed E-state index contributed by atoms with van der Waals surface area (Å²) in [5.74, 6) is -0.199. The van der Waals surface area contributed by atoms with Crippen LogP contribution in [0.2, 0.25) is 0 Å². The SMILES string of the molecule is CNc1ccc(Sc2ccc(F)cc2)cc1. The first-order valence-electron chi connectivity index (χ1n) is 4.99. The van der Waals surface area contributed by atoms with Crippen molar-refractivity contribution in [1.82, 2.24) is 0 Å². The molecule has 0 saturated heterocycles. The van der Waals surface area contributed by atoms with Crippen molar-refractivity contribution in [3.05, 3.63) is 54.3 Å². The van der Waals surface area contributed by atoms with E-state index in [0.29, 0.717) is 0 Å². The van der Waals surface area contributed by atoms with Crippen molar-refractivity contribution in [3.8, 4) is 0 Å². The van der Waals surface area contributed by atoms with Crippen molar-refractivity contribution in [2.24, 2.45) is 0 Å². The lowest BCUT2D eigenvalue weighted by atomic mass is 10.3. The second kappa shape index (κ2) is 5.03. The van der Waals surface area contributed by atoms with Crippen LogP contribution >= 0.6 is 11.8 Å². The molecule has 0 spiro atoms. The summed E-state index contributed by atoms with van der Waals surface area (Å²) in [5, 5.41) is 3.07. The van der Waals surface area contributed by atoms with Gasteiger partial charge in [-0.3, -0.25) is 0 Å². The summed E-state index contributed by atoms with van der Waals surface area (Å²) in [4.78, 5) is 2.18. The van der Waals surface area contributed by atoms with Gasteiger partial charge >= 0.3 is 0 Å². The molecule has 2 rings (SSSR count). The summed E-state index contributed by atoms with van der Waals surface area (Å²) in [6, 6.07) is 14.6. The van der Waals surface area contributed by atoms with E-state index in [2.05, 4.69) is 5.32 Å². The summed E-state index contributed by atoms with van der Waals surface area (Å²) < 4.78 is 12.7. The highest BCUT2D eigenvalue weighted by molar-refractivity contribution is 7.99. The maximum absolute atomic E-state index is 12.7. The average Bonchev–Trinajstić information content (AvgIpc) is 2.33. The summed E-state index contributed by atoms with van der Waals surface area (Å²) in [5.41, 5.74) is 1.09. The fourth-order valence-electron chi connectivity index (χ4n) is 1.33. The molecule has 2 aromatic carbocycles. The number of rotatable bonds is 3. The Morgan fingerprint density at radius 1 is 0.875 bits per heavy atom. The van der Waals surface area contributed by atoms with Crippen LogP contribution in [0.25, 0.3) is 0 Å². The summed E-state index contributed by atoms with van der Waals surface area (Å²) in [6.45, 7) is 0. The summed E-state index contributed by atoms with van der Waals surface area (Å²) in [7, 11) is 1.89. The molecule has 0 heterocycles. The van der Waals surface area contributed by atoms with Crippen LogP contribution in [0.3, 0.4) is 0 Å². The van der Waals surface area contributed by atoms with Crippen LogP contribution < -0.4 is 5.32 Å². The van der Waals surface area contributed by atoms with Crippen molar-refractivity contribution in [1.29, 1.82) is 0 Å². The van der Waals surface area contributed by atoms with Gasteiger partial charge in [0.15, 0.2) is 0 Å². The standard InChI is InChI=1S/C13H12FNS/c1-15-11-4-8-13(9-5-11)16-12-6-2-10(14)3-7-12/h2-9,15H,1H3. The van der Waals surface area contributed by atoms with E-state index in [1.807, 2.05) is 31.3 Å². The van der Waals surface area contributed by atoms with Gasteiger partial charge in [0, 0.05) is 22.5 Å².